The van der Waals surface area contributed by atoms with Crippen LogP contribution in [0.3, 0.4) is 0 Å². The Morgan fingerprint density at radius 2 is 0.477 bits per heavy atom. The van der Waals surface area contributed by atoms with Crippen molar-refractivity contribution in [3.05, 3.63) is 204 Å². The van der Waals surface area contributed by atoms with Crippen molar-refractivity contribution < 1.29 is 0 Å². The van der Waals surface area contributed by atoms with Crippen molar-refractivity contribution in [1.29, 1.82) is 0 Å². The van der Waals surface area contributed by atoms with E-state index in [1.165, 1.54) is 33.6 Å². The first-order valence-corrected chi connectivity index (χ1v) is 15.8. The lowest BCUT2D eigenvalue weighted by Gasteiger charge is -2.18. The first kappa shape index (κ1) is 35.3. The van der Waals surface area contributed by atoms with Crippen LogP contribution >= 0.6 is 0 Å². The van der Waals surface area contributed by atoms with Crippen LogP contribution in [0.25, 0.3) is 0 Å². The van der Waals surface area contributed by atoms with E-state index in [-0.39, 0.29) is 0 Å². The Hall–Kier alpha value is -4.88. The third-order valence-corrected chi connectivity index (χ3v) is 6.47. The molecule has 0 aromatic heterocycles. The Kier molecular flexibility index (Phi) is 18.2. The third kappa shape index (κ3) is 13.9. The van der Waals surface area contributed by atoms with Gasteiger partial charge in [0.25, 0.3) is 0 Å². The predicted molar refractivity (Wildman–Crippen MR) is 195 cm³/mol. The van der Waals surface area contributed by atoms with E-state index in [1.807, 2.05) is 39.8 Å². The van der Waals surface area contributed by atoms with Crippen LogP contribution in [-0.4, -0.2) is 7.05 Å². The standard InChI is InChI=1S/C13H13N.2C13H12.2C2H6/c1-14(12-8-4-2-5-9-12)13-10-6-3-7-11-13;2*1-3-7-12(8-4-1)11-13-9-5-2-6-10-13;2*1-2/h2-11H,1H3;2*1-10H,11H2;2*1-2H3. The molecule has 0 fully saturated rings. The van der Waals surface area contributed by atoms with Crippen molar-refractivity contribution >= 4 is 11.4 Å². The molecule has 0 N–H and O–H groups in total. The minimum absolute atomic E-state index is 1.03. The van der Waals surface area contributed by atoms with E-state index in [2.05, 4.69) is 182 Å². The number of benzene rings is 6. The second kappa shape index (κ2) is 22.7. The highest BCUT2D eigenvalue weighted by Gasteiger charge is 2.00. The van der Waals surface area contributed by atoms with Gasteiger partial charge >= 0.3 is 0 Å². The second-order valence-electron chi connectivity index (χ2n) is 9.53. The summed E-state index contributed by atoms with van der Waals surface area (Å²) in [4.78, 5) is 2.17. The molecule has 0 unspecified atom stereocenters. The van der Waals surface area contributed by atoms with Gasteiger partial charge in [-0.2, -0.15) is 0 Å². The van der Waals surface area contributed by atoms with Crippen LogP contribution in [0.5, 0.6) is 0 Å². The summed E-state index contributed by atoms with van der Waals surface area (Å²) in [5, 5.41) is 0. The summed E-state index contributed by atoms with van der Waals surface area (Å²) in [6.07, 6.45) is 2.06. The van der Waals surface area contributed by atoms with Crippen LogP contribution < -0.4 is 4.90 Å². The molecule has 0 radical (unpaired) electrons. The summed E-state index contributed by atoms with van der Waals surface area (Å²) in [6.45, 7) is 8.00. The molecule has 1 nitrogen and oxygen atoms in total. The number of hydrogen-bond acceptors (Lipinski definition) is 1. The summed E-state index contributed by atoms with van der Waals surface area (Å²) >= 11 is 0. The molecule has 0 aliphatic rings. The van der Waals surface area contributed by atoms with Crippen LogP contribution in [0.2, 0.25) is 0 Å². The quantitative estimate of drug-likeness (QED) is 0.190. The topological polar surface area (TPSA) is 3.24 Å². The second-order valence-corrected chi connectivity index (χ2v) is 9.53. The Bertz CT molecular complexity index is 1260. The fourth-order valence-corrected chi connectivity index (χ4v) is 4.31. The lowest BCUT2D eigenvalue weighted by atomic mass is 10.1. The zero-order valence-electron chi connectivity index (χ0n) is 27.2. The molecule has 0 amide bonds. The van der Waals surface area contributed by atoms with Crippen LogP contribution in [0.1, 0.15) is 49.9 Å². The number of para-hydroxylation sites is 2. The van der Waals surface area contributed by atoms with Crippen molar-refractivity contribution in [2.75, 3.05) is 11.9 Å². The smallest absolute Gasteiger partial charge is 0.0408 e. The Morgan fingerprint density at radius 1 is 0.295 bits per heavy atom. The normalized spacial score (nSPS) is 9.20. The Labute approximate surface area is 267 Å². The van der Waals surface area contributed by atoms with Gasteiger partial charge in [-0.25, -0.2) is 0 Å². The molecule has 1 heteroatoms. The number of rotatable bonds is 6. The zero-order valence-corrected chi connectivity index (χ0v) is 27.2. The van der Waals surface area contributed by atoms with Gasteiger partial charge in [0.05, 0.1) is 0 Å². The lowest BCUT2D eigenvalue weighted by Crippen LogP contribution is -2.08. The SMILES string of the molecule is CC.CC.CN(c1ccccc1)c1ccccc1.c1ccc(Cc2ccccc2)cc1.c1ccc(Cc2ccccc2)cc1. The van der Waals surface area contributed by atoms with Gasteiger partial charge in [-0.3, -0.25) is 0 Å². The highest BCUT2D eigenvalue weighted by Crippen LogP contribution is 2.22. The average Bonchev–Trinajstić information content (AvgIpc) is 3.13. The molecule has 6 aromatic carbocycles. The average molecular weight is 580 g/mol. The van der Waals surface area contributed by atoms with Gasteiger partial charge in [0.2, 0.25) is 0 Å². The molecule has 0 aliphatic heterocycles. The first-order valence-electron chi connectivity index (χ1n) is 15.8. The van der Waals surface area contributed by atoms with Gasteiger partial charge in [0.1, 0.15) is 0 Å². The molecule has 0 atom stereocenters. The van der Waals surface area contributed by atoms with E-state index in [9.17, 15) is 0 Å². The Morgan fingerprint density at radius 3 is 0.682 bits per heavy atom. The van der Waals surface area contributed by atoms with Crippen LogP contribution in [0.4, 0.5) is 11.4 Å². The van der Waals surface area contributed by atoms with E-state index < -0.39 is 0 Å². The van der Waals surface area contributed by atoms with E-state index >= 15 is 0 Å². The van der Waals surface area contributed by atoms with Crippen molar-refractivity contribution in [2.45, 2.75) is 40.5 Å². The molecule has 6 rings (SSSR count). The van der Waals surface area contributed by atoms with Gasteiger partial charge in [-0.15, -0.1) is 0 Å². The molecule has 226 valence electrons. The molecular formula is C43H49N. The number of anilines is 2. The molecular weight excluding hydrogens is 530 g/mol. The minimum Gasteiger partial charge on any atom is -0.345 e. The van der Waals surface area contributed by atoms with Crippen LogP contribution in [0.15, 0.2) is 182 Å². The highest BCUT2D eigenvalue weighted by molar-refractivity contribution is 5.61. The zero-order chi connectivity index (χ0) is 31.7. The molecule has 0 heterocycles. The maximum Gasteiger partial charge on any atom is 0.0408 e. The van der Waals surface area contributed by atoms with Crippen molar-refractivity contribution in [1.82, 2.24) is 0 Å². The van der Waals surface area contributed by atoms with Gasteiger partial charge in [0, 0.05) is 18.4 Å². The number of hydrogen-bond donors (Lipinski definition) is 0. The van der Waals surface area contributed by atoms with Gasteiger partial charge in [0.15, 0.2) is 0 Å². The fraction of sp³-hybridized carbons (Fsp3) is 0.163. The largest absolute Gasteiger partial charge is 0.345 e. The summed E-state index contributed by atoms with van der Waals surface area (Å²) in [5.74, 6) is 0. The lowest BCUT2D eigenvalue weighted by molar-refractivity contribution is 1.19. The van der Waals surface area contributed by atoms with Crippen molar-refractivity contribution in [2.24, 2.45) is 0 Å². The monoisotopic (exact) mass is 579 g/mol. The summed E-state index contributed by atoms with van der Waals surface area (Å²) in [6, 6.07) is 62.8. The minimum atomic E-state index is 1.03. The summed E-state index contributed by atoms with van der Waals surface area (Å²) in [7, 11) is 2.07. The Balaban J connectivity index is 0.000000218. The first-order chi connectivity index (χ1) is 21.8. The molecule has 6 aromatic rings. The van der Waals surface area contributed by atoms with Crippen molar-refractivity contribution in [3.63, 3.8) is 0 Å². The summed E-state index contributed by atoms with van der Waals surface area (Å²) in [5.41, 5.74) is 7.89. The molecule has 0 spiro atoms. The summed E-state index contributed by atoms with van der Waals surface area (Å²) < 4.78 is 0. The van der Waals surface area contributed by atoms with Crippen LogP contribution in [0, 0.1) is 0 Å². The van der Waals surface area contributed by atoms with Gasteiger partial charge in [-0.05, 0) is 59.4 Å². The van der Waals surface area contributed by atoms with Crippen LogP contribution in [-0.2, 0) is 12.8 Å². The maximum absolute atomic E-state index is 2.17. The predicted octanol–water partition coefficient (Wildman–Crippen LogP) is 12.1. The molecule has 0 saturated carbocycles. The third-order valence-electron chi connectivity index (χ3n) is 6.47. The maximum atomic E-state index is 2.17. The molecule has 0 bridgehead atoms. The van der Waals surface area contributed by atoms with E-state index in [0.29, 0.717) is 0 Å². The number of nitrogens with zero attached hydrogens (tertiary/aromatic N) is 1. The highest BCUT2D eigenvalue weighted by atomic mass is 15.1. The van der Waals surface area contributed by atoms with E-state index in [1.54, 1.807) is 0 Å². The van der Waals surface area contributed by atoms with Gasteiger partial charge in [-0.1, -0.05) is 185 Å². The molecule has 44 heavy (non-hydrogen) atoms. The van der Waals surface area contributed by atoms with E-state index in [4.69, 9.17) is 0 Å². The van der Waals surface area contributed by atoms with Crippen molar-refractivity contribution in [3.8, 4) is 0 Å². The fourth-order valence-electron chi connectivity index (χ4n) is 4.31. The van der Waals surface area contributed by atoms with Gasteiger partial charge < -0.3 is 4.90 Å². The molecule has 0 aliphatic carbocycles. The van der Waals surface area contributed by atoms with E-state index in [0.717, 1.165) is 12.8 Å². The molecule has 0 saturated heterocycles.